The first-order valence-corrected chi connectivity index (χ1v) is 10.8. The maximum atomic E-state index is 12.3. The largest absolute Gasteiger partial charge is 0.508 e. The number of rotatable bonds is 7. The van der Waals surface area contributed by atoms with Gasteiger partial charge in [0.25, 0.3) is 0 Å². The van der Waals surface area contributed by atoms with E-state index in [1.54, 1.807) is 44.2 Å². The third kappa shape index (κ3) is 6.09. The van der Waals surface area contributed by atoms with Crippen molar-refractivity contribution in [2.45, 2.75) is 40.0 Å². The fourth-order valence-electron chi connectivity index (χ4n) is 2.75. The second-order valence-electron chi connectivity index (χ2n) is 7.27. The second-order valence-corrected chi connectivity index (χ2v) is 8.98. The van der Waals surface area contributed by atoms with Crippen LogP contribution in [-0.2, 0) is 16.0 Å². The molecule has 0 aliphatic heterocycles. The molecule has 0 radical (unpaired) electrons. The number of hydrogen-bond acceptors (Lipinski definition) is 4. The Balaban J connectivity index is 2.22. The number of ether oxygens (including phenoxy) is 1. The van der Waals surface area contributed by atoms with Gasteiger partial charge >= 0.3 is 5.97 Å². The summed E-state index contributed by atoms with van der Waals surface area (Å²) in [7, 11) is 0. The number of benzene rings is 2. The number of phenols is 1. The zero-order valence-electron chi connectivity index (χ0n) is 17.0. The second kappa shape index (κ2) is 10.1. The predicted molar refractivity (Wildman–Crippen MR) is 122 cm³/mol. The molecular weight excluding hydrogens is 518 g/mol. The number of halogens is 2. The number of carbonyl (C=O) groups is 2. The first-order chi connectivity index (χ1) is 14.0. The van der Waals surface area contributed by atoms with Gasteiger partial charge in [0, 0.05) is 5.56 Å². The molecule has 160 valence electrons. The number of phenolic OH excluding ortho intramolecular Hbond substituents is 1. The highest BCUT2D eigenvalue weighted by molar-refractivity contribution is 9.11. The molecule has 0 heterocycles. The van der Waals surface area contributed by atoms with E-state index in [0.29, 0.717) is 31.6 Å². The van der Waals surface area contributed by atoms with E-state index in [1.807, 2.05) is 13.8 Å². The molecule has 0 spiro atoms. The minimum Gasteiger partial charge on any atom is -0.508 e. The molecule has 6 nitrogen and oxygen atoms in total. The van der Waals surface area contributed by atoms with Crippen molar-refractivity contribution < 1.29 is 24.5 Å². The molecular formula is C22H23Br2NO5. The summed E-state index contributed by atoms with van der Waals surface area (Å²) in [5, 5.41) is 21.6. The van der Waals surface area contributed by atoms with E-state index in [-0.39, 0.29) is 23.8 Å². The minimum absolute atomic E-state index is 0.00174. The maximum absolute atomic E-state index is 12.3. The van der Waals surface area contributed by atoms with Crippen molar-refractivity contribution in [3.8, 4) is 17.2 Å². The summed E-state index contributed by atoms with van der Waals surface area (Å²) in [4.78, 5) is 23.5. The molecule has 3 N–H and O–H groups in total. The van der Waals surface area contributed by atoms with E-state index >= 15 is 0 Å². The molecule has 2 aromatic carbocycles. The van der Waals surface area contributed by atoms with Crippen LogP contribution in [0.25, 0.3) is 0 Å². The first-order valence-electron chi connectivity index (χ1n) is 9.18. The fourth-order valence-corrected chi connectivity index (χ4v) is 4.19. The SMILES string of the molecule is CC(C)=C(NC(=O)Cc1cc(Br)c(Oc2ccc(O)c(C(C)C)c2)c(Br)c1)C(=O)O. The zero-order valence-corrected chi connectivity index (χ0v) is 20.2. The number of allylic oxidation sites excluding steroid dienone is 1. The third-order valence-electron chi connectivity index (χ3n) is 4.24. The van der Waals surface area contributed by atoms with Crippen LogP contribution in [0.4, 0.5) is 0 Å². The molecule has 0 unspecified atom stereocenters. The highest BCUT2D eigenvalue weighted by Crippen LogP contribution is 2.39. The molecule has 30 heavy (non-hydrogen) atoms. The molecule has 2 aromatic rings. The molecule has 2 rings (SSSR count). The van der Waals surface area contributed by atoms with Crippen molar-refractivity contribution in [3.05, 3.63) is 61.7 Å². The van der Waals surface area contributed by atoms with Crippen molar-refractivity contribution in [2.75, 3.05) is 0 Å². The Kier molecular flexibility index (Phi) is 8.09. The Hall–Kier alpha value is -2.32. The van der Waals surface area contributed by atoms with E-state index < -0.39 is 11.9 Å². The van der Waals surface area contributed by atoms with Crippen LogP contribution in [-0.4, -0.2) is 22.1 Å². The van der Waals surface area contributed by atoms with Gasteiger partial charge in [-0.2, -0.15) is 0 Å². The standard InChI is InChI=1S/C22H23Br2NO5/c1-11(2)15-10-14(5-6-18(15)26)30-21-16(23)7-13(8-17(21)24)9-19(27)25-20(12(3)4)22(28)29/h5-8,10-11,26H,9H2,1-4H3,(H,25,27)(H,28,29). The van der Waals surface area contributed by atoms with E-state index in [9.17, 15) is 19.8 Å². The summed E-state index contributed by atoms with van der Waals surface area (Å²) < 4.78 is 7.23. The van der Waals surface area contributed by atoms with E-state index in [2.05, 4.69) is 37.2 Å². The smallest absolute Gasteiger partial charge is 0.352 e. The summed E-state index contributed by atoms with van der Waals surface area (Å²) in [5.41, 5.74) is 1.84. The van der Waals surface area contributed by atoms with Gasteiger partial charge in [0.05, 0.1) is 15.4 Å². The molecule has 0 aromatic heterocycles. The van der Waals surface area contributed by atoms with Crippen LogP contribution in [0, 0.1) is 0 Å². The number of hydrogen-bond donors (Lipinski definition) is 3. The minimum atomic E-state index is -1.18. The molecule has 0 aliphatic carbocycles. The van der Waals surface area contributed by atoms with Crippen LogP contribution in [0.5, 0.6) is 17.2 Å². The zero-order chi connectivity index (χ0) is 22.6. The number of aromatic hydroxyl groups is 1. The lowest BCUT2D eigenvalue weighted by Crippen LogP contribution is -2.29. The van der Waals surface area contributed by atoms with Gasteiger partial charge in [0.15, 0.2) is 5.75 Å². The van der Waals surface area contributed by atoms with Crippen LogP contribution >= 0.6 is 31.9 Å². The van der Waals surface area contributed by atoms with Gasteiger partial charge in [-0.05, 0) is 93.1 Å². The number of aliphatic carboxylic acids is 1. The Morgan fingerprint density at radius 2 is 1.70 bits per heavy atom. The number of carbonyl (C=O) groups excluding carboxylic acids is 1. The molecule has 8 heteroatoms. The molecule has 0 saturated heterocycles. The molecule has 1 amide bonds. The topological polar surface area (TPSA) is 95.9 Å². The Labute approximate surface area is 192 Å². The average Bonchev–Trinajstić information content (AvgIpc) is 2.63. The van der Waals surface area contributed by atoms with E-state index in [1.165, 1.54) is 0 Å². The average molecular weight is 541 g/mol. The molecule has 0 aliphatic rings. The summed E-state index contributed by atoms with van der Waals surface area (Å²) >= 11 is 6.93. The van der Waals surface area contributed by atoms with Crippen LogP contribution in [0.15, 0.2) is 50.5 Å². The highest BCUT2D eigenvalue weighted by atomic mass is 79.9. The third-order valence-corrected chi connectivity index (χ3v) is 5.42. The van der Waals surface area contributed by atoms with Crippen molar-refractivity contribution in [2.24, 2.45) is 0 Å². The molecule has 0 fully saturated rings. The van der Waals surface area contributed by atoms with Gasteiger partial charge in [0.2, 0.25) is 5.91 Å². The van der Waals surface area contributed by atoms with Crippen LogP contribution in [0.1, 0.15) is 44.7 Å². The summed E-state index contributed by atoms with van der Waals surface area (Å²) in [5.74, 6) is -0.162. The normalized spacial score (nSPS) is 10.6. The maximum Gasteiger partial charge on any atom is 0.352 e. The Bertz CT molecular complexity index is 988. The molecule has 0 saturated carbocycles. The van der Waals surface area contributed by atoms with Crippen LogP contribution < -0.4 is 10.1 Å². The van der Waals surface area contributed by atoms with Crippen molar-refractivity contribution in [1.82, 2.24) is 5.32 Å². The number of carboxylic acid groups (broad SMARTS) is 1. The quantitative estimate of drug-likeness (QED) is 0.382. The van der Waals surface area contributed by atoms with Gasteiger partial charge < -0.3 is 20.3 Å². The number of carboxylic acids is 1. The molecule has 0 bridgehead atoms. The van der Waals surface area contributed by atoms with Crippen molar-refractivity contribution in [3.63, 3.8) is 0 Å². The fraction of sp³-hybridized carbons (Fsp3) is 0.273. The van der Waals surface area contributed by atoms with Crippen molar-refractivity contribution in [1.29, 1.82) is 0 Å². The monoisotopic (exact) mass is 539 g/mol. The van der Waals surface area contributed by atoms with Gasteiger partial charge in [-0.1, -0.05) is 13.8 Å². The van der Waals surface area contributed by atoms with Crippen LogP contribution in [0.2, 0.25) is 0 Å². The predicted octanol–water partition coefficient (Wildman–Crippen LogP) is 5.87. The number of nitrogens with one attached hydrogen (secondary N) is 1. The lowest BCUT2D eigenvalue weighted by molar-refractivity contribution is -0.134. The van der Waals surface area contributed by atoms with Gasteiger partial charge in [-0.25, -0.2) is 4.79 Å². The van der Waals surface area contributed by atoms with Gasteiger partial charge in [0.1, 0.15) is 17.2 Å². The lowest BCUT2D eigenvalue weighted by Gasteiger charge is -2.15. The van der Waals surface area contributed by atoms with Crippen LogP contribution in [0.3, 0.4) is 0 Å². The summed E-state index contributed by atoms with van der Waals surface area (Å²) in [6.07, 6.45) is -0.00174. The van der Waals surface area contributed by atoms with E-state index in [0.717, 1.165) is 5.56 Å². The summed E-state index contributed by atoms with van der Waals surface area (Å²) in [6.45, 7) is 7.21. The lowest BCUT2D eigenvalue weighted by atomic mass is 10.0. The van der Waals surface area contributed by atoms with Crippen molar-refractivity contribution >= 4 is 43.7 Å². The highest BCUT2D eigenvalue weighted by Gasteiger charge is 2.17. The van der Waals surface area contributed by atoms with Gasteiger partial charge in [-0.15, -0.1) is 0 Å². The Morgan fingerprint density at radius 3 is 2.20 bits per heavy atom. The first kappa shape index (κ1) is 24.0. The van der Waals surface area contributed by atoms with E-state index in [4.69, 9.17) is 4.74 Å². The number of amides is 1. The van der Waals surface area contributed by atoms with Gasteiger partial charge in [-0.3, -0.25) is 4.79 Å². The molecule has 0 atom stereocenters. The Morgan fingerprint density at radius 1 is 1.10 bits per heavy atom. The summed E-state index contributed by atoms with van der Waals surface area (Å²) in [6, 6.07) is 8.54.